The van der Waals surface area contributed by atoms with Gasteiger partial charge in [0.25, 0.3) is 10.0 Å². The van der Waals surface area contributed by atoms with Crippen molar-refractivity contribution in [1.29, 1.82) is 0 Å². The van der Waals surface area contributed by atoms with Crippen LogP contribution >= 0.6 is 38.9 Å². The van der Waals surface area contributed by atoms with E-state index in [1.165, 1.54) is 23.6 Å². The van der Waals surface area contributed by atoms with E-state index >= 15 is 0 Å². The van der Waals surface area contributed by atoms with Crippen molar-refractivity contribution in [2.24, 2.45) is 0 Å². The van der Waals surface area contributed by atoms with Gasteiger partial charge in [0, 0.05) is 10.7 Å². The van der Waals surface area contributed by atoms with Crippen LogP contribution in [0.3, 0.4) is 0 Å². The predicted octanol–water partition coefficient (Wildman–Crippen LogP) is 3.91. The Balaban J connectivity index is 2.01. The van der Waals surface area contributed by atoms with Crippen LogP contribution in [0.4, 0.5) is 5.13 Å². The molecule has 2 heterocycles. The number of para-hydroxylation sites is 1. The minimum atomic E-state index is -3.84. The van der Waals surface area contributed by atoms with Gasteiger partial charge in [0.15, 0.2) is 5.13 Å². The first-order valence-corrected chi connectivity index (χ1v) is 9.12. The lowest BCUT2D eigenvalue weighted by atomic mass is 10.3. The number of fused-ring (bicyclic) bond motifs is 1. The van der Waals surface area contributed by atoms with Crippen molar-refractivity contribution in [2.75, 3.05) is 4.72 Å². The zero-order valence-electron chi connectivity index (χ0n) is 10.2. The fourth-order valence-corrected chi connectivity index (χ4v) is 4.72. The monoisotopic (exact) mass is 403 g/mol. The van der Waals surface area contributed by atoms with Gasteiger partial charge in [-0.15, -0.1) is 0 Å². The number of rotatable bonds is 3. The minimum absolute atomic E-state index is 0.0909. The molecule has 0 fully saturated rings. The molecule has 0 unspecified atom stereocenters. The van der Waals surface area contributed by atoms with Crippen LogP contribution < -0.4 is 4.72 Å². The number of halogens is 2. The molecule has 0 radical (unpaired) electrons. The highest BCUT2D eigenvalue weighted by Gasteiger charge is 2.21. The standard InChI is InChI=1S/C12H7BrClN3O2S2/c13-7-5-10(11(14)15-6-7)21(18,19)17-12-16-8-3-1-2-4-9(8)20-12/h1-6H,(H,16,17). The molecule has 0 amide bonds. The van der Waals surface area contributed by atoms with Gasteiger partial charge in [0.05, 0.1) is 10.2 Å². The van der Waals surface area contributed by atoms with E-state index in [-0.39, 0.29) is 15.2 Å². The van der Waals surface area contributed by atoms with Crippen LogP contribution in [0, 0.1) is 0 Å². The summed E-state index contributed by atoms with van der Waals surface area (Å²) in [5, 5.41) is 0.194. The Morgan fingerprint density at radius 2 is 2.05 bits per heavy atom. The maximum absolute atomic E-state index is 12.4. The molecular formula is C12H7BrClN3O2S2. The van der Waals surface area contributed by atoms with Gasteiger partial charge in [-0.25, -0.2) is 18.4 Å². The third-order valence-corrected chi connectivity index (χ3v) is 5.86. The van der Waals surface area contributed by atoms with Crippen LogP contribution in [0.25, 0.3) is 10.2 Å². The van der Waals surface area contributed by atoms with Crippen LogP contribution in [0.1, 0.15) is 0 Å². The number of nitrogens with zero attached hydrogens (tertiary/aromatic N) is 2. The van der Waals surface area contributed by atoms with Crippen molar-refractivity contribution in [3.05, 3.63) is 46.2 Å². The predicted molar refractivity (Wildman–Crippen MR) is 87.4 cm³/mol. The molecule has 0 aliphatic heterocycles. The number of aromatic nitrogens is 2. The SMILES string of the molecule is O=S(=O)(Nc1nc2ccccc2s1)c1cc(Br)cnc1Cl. The number of sulfonamides is 1. The van der Waals surface area contributed by atoms with Crippen LogP contribution in [0.2, 0.25) is 5.15 Å². The normalized spacial score (nSPS) is 11.7. The summed E-state index contributed by atoms with van der Waals surface area (Å²) in [5.74, 6) is 0. The highest BCUT2D eigenvalue weighted by molar-refractivity contribution is 9.10. The summed E-state index contributed by atoms with van der Waals surface area (Å²) in [6.07, 6.45) is 1.43. The van der Waals surface area contributed by atoms with E-state index in [0.29, 0.717) is 4.47 Å². The first-order valence-electron chi connectivity index (χ1n) is 5.65. The highest BCUT2D eigenvalue weighted by Crippen LogP contribution is 2.29. The number of benzene rings is 1. The molecule has 0 bridgehead atoms. The third kappa shape index (κ3) is 3.03. The van der Waals surface area contributed by atoms with Gasteiger partial charge in [0.1, 0.15) is 10.0 Å². The lowest BCUT2D eigenvalue weighted by Crippen LogP contribution is -2.13. The maximum Gasteiger partial charge on any atom is 0.266 e. The van der Waals surface area contributed by atoms with E-state index in [1.807, 2.05) is 24.3 Å². The molecule has 9 heteroatoms. The molecule has 3 rings (SSSR count). The van der Waals surface area contributed by atoms with Crippen LogP contribution in [0.15, 0.2) is 45.9 Å². The average Bonchev–Trinajstić information content (AvgIpc) is 2.82. The van der Waals surface area contributed by atoms with E-state index in [4.69, 9.17) is 11.6 Å². The quantitative estimate of drug-likeness (QED) is 0.672. The molecule has 1 N–H and O–H groups in total. The van der Waals surface area contributed by atoms with Crippen molar-refractivity contribution in [1.82, 2.24) is 9.97 Å². The van der Waals surface area contributed by atoms with Crippen LogP contribution in [-0.4, -0.2) is 18.4 Å². The minimum Gasteiger partial charge on any atom is -0.255 e. The number of hydrogen-bond acceptors (Lipinski definition) is 5. The van der Waals surface area contributed by atoms with Gasteiger partial charge in [-0.3, -0.25) is 4.72 Å². The van der Waals surface area contributed by atoms with E-state index < -0.39 is 10.0 Å². The first-order chi connectivity index (χ1) is 9.95. The Morgan fingerprint density at radius 3 is 2.81 bits per heavy atom. The maximum atomic E-state index is 12.4. The van der Waals surface area contributed by atoms with Gasteiger partial charge >= 0.3 is 0 Å². The zero-order chi connectivity index (χ0) is 15.0. The molecule has 5 nitrogen and oxygen atoms in total. The van der Waals surface area contributed by atoms with E-state index in [2.05, 4.69) is 30.6 Å². The molecule has 0 saturated carbocycles. The molecule has 0 aliphatic rings. The van der Waals surface area contributed by atoms with Gasteiger partial charge in [-0.2, -0.15) is 0 Å². The summed E-state index contributed by atoms with van der Waals surface area (Å²) >= 11 is 10.3. The fraction of sp³-hybridized carbons (Fsp3) is 0. The highest BCUT2D eigenvalue weighted by atomic mass is 79.9. The summed E-state index contributed by atoms with van der Waals surface area (Å²) in [5.41, 5.74) is 0.735. The molecule has 108 valence electrons. The third-order valence-electron chi connectivity index (χ3n) is 2.58. The van der Waals surface area contributed by atoms with Crippen molar-refractivity contribution in [3.63, 3.8) is 0 Å². The summed E-state index contributed by atoms with van der Waals surface area (Å²) < 4.78 is 28.6. The molecule has 0 atom stereocenters. The van der Waals surface area contributed by atoms with E-state index in [1.54, 1.807) is 0 Å². The lowest BCUT2D eigenvalue weighted by molar-refractivity contribution is 0.601. The Hall–Kier alpha value is -1.22. The molecule has 1 aromatic carbocycles. The number of nitrogens with one attached hydrogen (secondary N) is 1. The summed E-state index contributed by atoms with van der Waals surface area (Å²) in [7, 11) is -3.84. The number of anilines is 1. The number of hydrogen-bond donors (Lipinski definition) is 1. The molecular weight excluding hydrogens is 398 g/mol. The van der Waals surface area contributed by atoms with E-state index in [0.717, 1.165) is 10.2 Å². The van der Waals surface area contributed by atoms with Crippen LogP contribution in [0.5, 0.6) is 0 Å². The fourth-order valence-electron chi connectivity index (χ4n) is 1.68. The van der Waals surface area contributed by atoms with Crippen molar-refractivity contribution >= 4 is 64.2 Å². The zero-order valence-corrected chi connectivity index (χ0v) is 14.2. The molecule has 21 heavy (non-hydrogen) atoms. The molecule has 0 spiro atoms. The van der Waals surface area contributed by atoms with Gasteiger partial charge in [-0.05, 0) is 34.1 Å². The second-order valence-electron chi connectivity index (χ2n) is 4.03. The van der Waals surface area contributed by atoms with E-state index in [9.17, 15) is 8.42 Å². The molecule has 0 aliphatic carbocycles. The summed E-state index contributed by atoms with van der Waals surface area (Å²) in [6.45, 7) is 0. The second kappa shape index (κ2) is 5.53. The summed E-state index contributed by atoms with van der Waals surface area (Å²) in [6, 6.07) is 8.80. The van der Waals surface area contributed by atoms with Crippen molar-refractivity contribution in [3.8, 4) is 0 Å². The summed E-state index contributed by atoms with van der Waals surface area (Å²) in [4.78, 5) is 7.94. The molecule has 0 saturated heterocycles. The Kier molecular flexibility index (Phi) is 3.87. The van der Waals surface area contributed by atoms with Gasteiger partial charge < -0.3 is 0 Å². The molecule has 3 aromatic rings. The Bertz CT molecular complexity index is 894. The second-order valence-corrected chi connectivity index (χ2v) is 7.99. The Labute approximate surface area is 138 Å². The lowest BCUT2D eigenvalue weighted by Gasteiger charge is -2.06. The topological polar surface area (TPSA) is 72.0 Å². The number of pyridine rings is 1. The first kappa shape index (κ1) is 14.7. The van der Waals surface area contributed by atoms with Gasteiger partial charge in [0.2, 0.25) is 0 Å². The average molecular weight is 405 g/mol. The van der Waals surface area contributed by atoms with Crippen molar-refractivity contribution in [2.45, 2.75) is 4.90 Å². The smallest absolute Gasteiger partial charge is 0.255 e. The largest absolute Gasteiger partial charge is 0.266 e. The Morgan fingerprint density at radius 1 is 1.29 bits per heavy atom. The molecule has 2 aromatic heterocycles. The van der Waals surface area contributed by atoms with Crippen LogP contribution in [-0.2, 0) is 10.0 Å². The van der Waals surface area contributed by atoms with Crippen molar-refractivity contribution < 1.29 is 8.42 Å². The number of thiazole rings is 1. The van der Waals surface area contributed by atoms with Gasteiger partial charge in [-0.1, -0.05) is 35.1 Å².